The van der Waals surface area contributed by atoms with Crippen molar-refractivity contribution in [1.29, 1.82) is 0 Å². The third-order valence-electron chi connectivity index (χ3n) is 3.76. The van der Waals surface area contributed by atoms with Crippen LogP contribution >= 0.6 is 0 Å². The minimum Gasteiger partial charge on any atom is -0.444 e. The van der Waals surface area contributed by atoms with E-state index in [1.807, 2.05) is 20.8 Å². The van der Waals surface area contributed by atoms with Crippen molar-refractivity contribution in [2.75, 3.05) is 33.2 Å². The molecular weight excluding hydrogens is 266 g/mol. The van der Waals surface area contributed by atoms with Crippen LogP contribution in [0.2, 0.25) is 0 Å². The number of carbonyl (C=O) groups is 1. The van der Waals surface area contributed by atoms with E-state index in [0.29, 0.717) is 12.1 Å². The third-order valence-corrected chi connectivity index (χ3v) is 3.76. The van der Waals surface area contributed by atoms with E-state index in [1.54, 1.807) is 11.9 Å². The van der Waals surface area contributed by atoms with E-state index in [4.69, 9.17) is 4.74 Å². The van der Waals surface area contributed by atoms with Crippen molar-refractivity contribution < 1.29 is 9.53 Å². The number of nitrogens with one attached hydrogen (secondary N) is 1. The highest BCUT2D eigenvalue weighted by Gasteiger charge is 2.23. The van der Waals surface area contributed by atoms with E-state index in [-0.39, 0.29) is 6.09 Å². The Hall–Kier alpha value is -0.810. The van der Waals surface area contributed by atoms with Gasteiger partial charge in [0.15, 0.2) is 0 Å². The molecule has 1 atom stereocenters. The van der Waals surface area contributed by atoms with E-state index >= 15 is 0 Å². The highest BCUT2D eigenvalue weighted by Crippen LogP contribution is 2.12. The Kier molecular flexibility index (Phi) is 6.94. The van der Waals surface area contributed by atoms with Gasteiger partial charge in [0.2, 0.25) is 0 Å². The highest BCUT2D eigenvalue weighted by molar-refractivity contribution is 5.67. The summed E-state index contributed by atoms with van der Waals surface area (Å²) in [6.07, 6.45) is 1.93. The summed E-state index contributed by atoms with van der Waals surface area (Å²) >= 11 is 0. The van der Waals surface area contributed by atoms with Gasteiger partial charge < -0.3 is 15.0 Å². The van der Waals surface area contributed by atoms with Crippen molar-refractivity contribution in [3.63, 3.8) is 0 Å². The number of likely N-dealkylation sites (tertiary alicyclic amines) is 1. The molecule has 1 aliphatic heterocycles. The Morgan fingerprint density at radius 2 is 2.10 bits per heavy atom. The maximum absolute atomic E-state index is 11.8. The molecule has 124 valence electrons. The van der Waals surface area contributed by atoms with Crippen LogP contribution in [0.25, 0.3) is 0 Å². The van der Waals surface area contributed by atoms with E-state index in [2.05, 4.69) is 24.1 Å². The van der Waals surface area contributed by atoms with Gasteiger partial charge in [0.05, 0.1) is 0 Å². The lowest BCUT2D eigenvalue weighted by Gasteiger charge is -2.25. The lowest BCUT2D eigenvalue weighted by atomic mass is 10.2. The normalized spacial score (nSPS) is 20.0. The first-order valence-corrected chi connectivity index (χ1v) is 8.10. The van der Waals surface area contributed by atoms with E-state index in [0.717, 1.165) is 26.1 Å². The summed E-state index contributed by atoms with van der Waals surface area (Å²) in [6, 6.07) is 1.23. The van der Waals surface area contributed by atoms with Crippen LogP contribution in [-0.2, 0) is 4.74 Å². The first-order chi connectivity index (χ1) is 9.69. The molecule has 0 spiro atoms. The first-order valence-electron chi connectivity index (χ1n) is 8.10. The number of rotatable bonds is 6. The van der Waals surface area contributed by atoms with Gasteiger partial charge >= 0.3 is 6.09 Å². The largest absolute Gasteiger partial charge is 0.444 e. The van der Waals surface area contributed by atoms with Gasteiger partial charge in [0, 0.05) is 32.2 Å². The van der Waals surface area contributed by atoms with Gasteiger partial charge in [-0.05, 0) is 60.5 Å². The zero-order valence-corrected chi connectivity index (χ0v) is 14.6. The summed E-state index contributed by atoms with van der Waals surface area (Å²) in [5.74, 6) is 0. The number of carbonyl (C=O) groups excluding carboxylic acids is 1. The van der Waals surface area contributed by atoms with E-state index < -0.39 is 5.60 Å². The van der Waals surface area contributed by atoms with E-state index in [9.17, 15) is 4.79 Å². The Morgan fingerprint density at radius 3 is 2.62 bits per heavy atom. The van der Waals surface area contributed by atoms with Crippen LogP contribution in [0, 0.1) is 0 Å². The average Bonchev–Trinajstić information content (AvgIpc) is 2.81. The lowest BCUT2D eigenvalue weighted by Crippen LogP contribution is -2.38. The molecule has 1 heterocycles. The molecule has 1 amide bonds. The van der Waals surface area contributed by atoms with Crippen molar-refractivity contribution in [3.05, 3.63) is 0 Å². The Bertz CT molecular complexity index is 326. The van der Waals surface area contributed by atoms with Crippen molar-refractivity contribution >= 4 is 6.09 Å². The zero-order chi connectivity index (χ0) is 16.0. The molecule has 1 aliphatic rings. The minimum atomic E-state index is -0.423. The summed E-state index contributed by atoms with van der Waals surface area (Å²) < 4.78 is 5.33. The maximum atomic E-state index is 11.8. The third kappa shape index (κ3) is 7.14. The molecule has 0 aromatic heterocycles. The second kappa shape index (κ2) is 7.99. The van der Waals surface area contributed by atoms with Crippen molar-refractivity contribution in [3.8, 4) is 0 Å². The Labute approximate surface area is 130 Å². The molecule has 0 bridgehead atoms. The Morgan fingerprint density at radius 1 is 1.43 bits per heavy atom. The van der Waals surface area contributed by atoms with Gasteiger partial charge in [-0.25, -0.2) is 4.79 Å². The molecule has 1 saturated heterocycles. The van der Waals surface area contributed by atoms with Crippen LogP contribution in [0.5, 0.6) is 0 Å². The fourth-order valence-corrected chi connectivity index (χ4v) is 2.48. The second-order valence-corrected chi connectivity index (χ2v) is 7.28. The number of hydrogen-bond donors (Lipinski definition) is 1. The molecule has 0 aromatic rings. The summed E-state index contributed by atoms with van der Waals surface area (Å²) in [6.45, 7) is 14.2. The van der Waals surface area contributed by atoms with Crippen LogP contribution in [0.15, 0.2) is 0 Å². The summed E-state index contributed by atoms with van der Waals surface area (Å²) in [5.41, 5.74) is -0.423. The summed E-state index contributed by atoms with van der Waals surface area (Å²) in [7, 11) is 1.80. The van der Waals surface area contributed by atoms with E-state index in [1.165, 1.54) is 13.0 Å². The summed E-state index contributed by atoms with van der Waals surface area (Å²) in [5, 5.41) is 3.59. The van der Waals surface area contributed by atoms with Gasteiger partial charge in [0.25, 0.3) is 0 Å². The molecule has 1 unspecified atom stereocenters. The SMILES string of the molecule is CC(C)N1CCC(NCCCN(C)C(=O)OC(C)(C)C)C1. The molecule has 21 heavy (non-hydrogen) atoms. The van der Waals surface area contributed by atoms with Crippen LogP contribution in [0.4, 0.5) is 4.79 Å². The number of nitrogens with zero attached hydrogens (tertiary/aromatic N) is 2. The molecule has 0 saturated carbocycles. The molecule has 5 nitrogen and oxygen atoms in total. The van der Waals surface area contributed by atoms with Gasteiger partial charge in [-0.3, -0.25) is 4.90 Å². The molecule has 1 N–H and O–H groups in total. The smallest absolute Gasteiger partial charge is 0.410 e. The first kappa shape index (κ1) is 18.2. The molecule has 0 radical (unpaired) electrons. The predicted octanol–water partition coefficient (Wildman–Crippen LogP) is 2.32. The number of amides is 1. The fourth-order valence-electron chi connectivity index (χ4n) is 2.48. The average molecular weight is 299 g/mol. The lowest BCUT2D eigenvalue weighted by molar-refractivity contribution is 0.0297. The van der Waals surface area contributed by atoms with Crippen LogP contribution in [-0.4, -0.2) is 66.8 Å². The second-order valence-electron chi connectivity index (χ2n) is 7.28. The number of hydrogen-bond acceptors (Lipinski definition) is 4. The van der Waals surface area contributed by atoms with Gasteiger partial charge in [0.1, 0.15) is 5.60 Å². The predicted molar refractivity (Wildman–Crippen MR) is 86.6 cm³/mol. The fraction of sp³-hybridized carbons (Fsp3) is 0.938. The monoisotopic (exact) mass is 299 g/mol. The highest BCUT2D eigenvalue weighted by atomic mass is 16.6. The molecule has 0 aromatic carbocycles. The Balaban J connectivity index is 2.13. The van der Waals surface area contributed by atoms with Crippen LogP contribution in [0.1, 0.15) is 47.5 Å². The van der Waals surface area contributed by atoms with Gasteiger partial charge in [-0.15, -0.1) is 0 Å². The minimum absolute atomic E-state index is 0.241. The molecular formula is C16H33N3O2. The maximum Gasteiger partial charge on any atom is 0.410 e. The summed E-state index contributed by atoms with van der Waals surface area (Å²) in [4.78, 5) is 16.0. The van der Waals surface area contributed by atoms with Gasteiger partial charge in [-0.2, -0.15) is 0 Å². The quantitative estimate of drug-likeness (QED) is 0.765. The number of ether oxygens (including phenoxy) is 1. The molecule has 5 heteroatoms. The molecule has 0 aliphatic carbocycles. The standard InChI is InChI=1S/C16H33N3O2/c1-13(2)19-11-8-14(12-19)17-9-7-10-18(6)15(20)21-16(3,4)5/h13-14,17H,7-12H2,1-6H3. The van der Waals surface area contributed by atoms with Crippen LogP contribution in [0.3, 0.4) is 0 Å². The van der Waals surface area contributed by atoms with Crippen molar-refractivity contribution in [2.45, 2.75) is 65.1 Å². The van der Waals surface area contributed by atoms with Gasteiger partial charge in [-0.1, -0.05) is 0 Å². The molecule has 1 fully saturated rings. The zero-order valence-electron chi connectivity index (χ0n) is 14.6. The topological polar surface area (TPSA) is 44.8 Å². The van der Waals surface area contributed by atoms with Crippen molar-refractivity contribution in [2.24, 2.45) is 0 Å². The molecule has 1 rings (SSSR count). The van der Waals surface area contributed by atoms with Crippen LogP contribution < -0.4 is 5.32 Å². The van der Waals surface area contributed by atoms with Crippen molar-refractivity contribution in [1.82, 2.24) is 15.1 Å².